The first-order valence-corrected chi connectivity index (χ1v) is 9.54. The predicted octanol–water partition coefficient (Wildman–Crippen LogP) is 5.53. The first-order chi connectivity index (χ1) is 13.2. The van der Waals surface area contributed by atoms with Crippen LogP contribution in [0.2, 0.25) is 5.02 Å². The molecule has 6 heteroatoms. The van der Waals surface area contributed by atoms with Crippen LogP contribution in [0.1, 0.15) is 18.7 Å². The van der Waals surface area contributed by atoms with Crippen molar-refractivity contribution >= 4 is 40.3 Å². The van der Waals surface area contributed by atoms with E-state index in [0.29, 0.717) is 10.8 Å². The average Bonchev–Trinajstić information content (AvgIpc) is 3.16. The van der Waals surface area contributed by atoms with Crippen molar-refractivity contribution in [1.29, 1.82) is 0 Å². The van der Waals surface area contributed by atoms with Gasteiger partial charge in [-0.3, -0.25) is 0 Å². The Balaban J connectivity index is 1.49. The largest absolute Gasteiger partial charge is 0.372 e. The van der Waals surface area contributed by atoms with Gasteiger partial charge in [-0.15, -0.1) is 0 Å². The number of anilines is 5. The molecular weight excluding hydrogens is 358 g/mol. The van der Waals surface area contributed by atoms with Gasteiger partial charge in [-0.1, -0.05) is 17.7 Å². The maximum atomic E-state index is 6.05. The highest BCUT2D eigenvalue weighted by atomic mass is 35.5. The number of aryl methyl sites for hydroxylation is 1. The zero-order chi connectivity index (χ0) is 18.6. The van der Waals surface area contributed by atoms with E-state index >= 15 is 0 Å². The normalized spacial score (nSPS) is 13.6. The third kappa shape index (κ3) is 4.49. The standard InChI is InChI=1S/C21H22ClN5/c1-15-23-20(14-21(24-15)26-18-6-4-5-16(22)13-18)25-17-7-9-19(10-8-17)27-11-2-3-12-27/h4-10,13-14H,2-3,11-12H2,1H3,(H2,23,24,25,26). The quantitative estimate of drug-likeness (QED) is 0.610. The Bertz CT molecular complexity index is 920. The fourth-order valence-electron chi connectivity index (χ4n) is 3.29. The summed E-state index contributed by atoms with van der Waals surface area (Å²) < 4.78 is 0. The molecule has 0 bridgehead atoms. The summed E-state index contributed by atoms with van der Waals surface area (Å²) in [6.07, 6.45) is 2.56. The topological polar surface area (TPSA) is 53.1 Å². The molecule has 2 N–H and O–H groups in total. The molecule has 27 heavy (non-hydrogen) atoms. The number of aromatic nitrogens is 2. The Labute approximate surface area is 164 Å². The highest BCUT2D eigenvalue weighted by Crippen LogP contribution is 2.25. The van der Waals surface area contributed by atoms with E-state index in [0.717, 1.165) is 36.1 Å². The molecule has 0 aliphatic carbocycles. The molecule has 0 unspecified atom stereocenters. The van der Waals surface area contributed by atoms with Crippen molar-refractivity contribution in [2.75, 3.05) is 28.6 Å². The molecule has 4 rings (SSSR count). The van der Waals surface area contributed by atoms with Crippen LogP contribution in [-0.2, 0) is 0 Å². The third-order valence-electron chi connectivity index (χ3n) is 4.55. The second-order valence-electron chi connectivity index (χ2n) is 6.69. The molecule has 0 amide bonds. The van der Waals surface area contributed by atoms with Gasteiger partial charge in [0.15, 0.2) is 0 Å². The van der Waals surface area contributed by atoms with Crippen LogP contribution in [0.25, 0.3) is 0 Å². The minimum Gasteiger partial charge on any atom is -0.372 e. The maximum Gasteiger partial charge on any atom is 0.136 e. The van der Waals surface area contributed by atoms with Crippen LogP contribution in [0.15, 0.2) is 54.6 Å². The van der Waals surface area contributed by atoms with Gasteiger partial charge in [-0.2, -0.15) is 0 Å². The van der Waals surface area contributed by atoms with Gasteiger partial charge < -0.3 is 15.5 Å². The molecule has 138 valence electrons. The zero-order valence-corrected chi connectivity index (χ0v) is 16.0. The minimum atomic E-state index is 0.683. The van der Waals surface area contributed by atoms with Crippen LogP contribution < -0.4 is 15.5 Å². The van der Waals surface area contributed by atoms with E-state index in [1.54, 1.807) is 0 Å². The van der Waals surface area contributed by atoms with Gasteiger partial charge in [-0.05, 0) is 62.2 Å². The van der Waals surface area contributed by atoms with Crippen molar-refractivity contribution in [3.8, 4) is 0 Å². The van der Waals surface area contributed by atoms with Gasteiger partial charge in [-0.25, -0.2) is 9.97 Å². The van der Waals surface area contributed by atoms with Gasteiger partial charge in [0.25, 0.3) is 0 Å². The van der Waals surface area contributed by atoms with Crippen molar-refractivity contribution in [1.82, 2.24) is 9.97 Å². The first-order valence-electron chi connectivity index (χ1n) is 9.16. The Morgan fingerprint density at radius 3 is 2.19 bits per heavy atom. The molecule has 1 saturated heterocycles. The van der Waals surface area contributed by atoms with Gasteiger partial charge in [0, 0.05) is 41.2 Å². The van der Waals surface area contributed by atoms with Crippen LogP contribution in [-0.4, -0.2) is 23.1 Å². The summed E-state index contributed by atoms with van der Waals surface area (Å²) in [5, 5.41) is 7.32. The molecule has 1 fully saturated rings. The van der Waals surface area contributed by atoms with Gasteiger partial charge >= 0.3 is 0 Å². The molecule has 0 atom stereocenters. The van der Waals surface area contributed by atoms with Crippen molar-refractivity contribution in [2.24, 2.45) is 0 Å². The Morgan fingerprint density at radius 2 is 1.52 bits per heavy atom. The van der Waals surface area contributed by atoms with E-state index < -0.39 is 0 Å². The van der Waals surface area contributed by atoms with Crippen molar-refractivity contribution in [2.45, 2.75) is 19.8 Å². The highest BCUT2D eigenvalue weighted by Gasteiger charge is 2.12. The molecule has 5 nitrogen and oxygen atoms in total. The number of rotatable bonds is 5. The lowest BCUT2D eigenvalue weighted by molar-refractivity contribution is 0.949. The van der Waals surface area contributed by atoms with Crippen molar-refractivity contribution in [3.05, 3.63) is 65.4 Å². The highest BCUT2D eigenvalue weighted by molar-refractivity contribution is 6.30. The Kier molecular flexibility index (Phi) is 5.12. The lowest BCUT2D eigenvalue weighted by atomic mass is 10.2. The molecule has 2 heterocycles. The van der Waals surface area contributed by atoms with E-state index in [4.69, 9.17) is 11.6 Å². The Morgan fingerprint density at radius 1 is 0.852 bits per heavy atom. The number of hydrogen-bond acceptors (Lipinski definition) is 5. The SMILES string of the molecule is Cc1nc(Nc2ccc(N3CCCC3)cc2)cc(Nc2cccc(Cl)c2)n1. The number of halogens is 1. The fourth-order valence-corrected chi connectivity index (χ4v) is 3.48. The van der Waals surface area contributed by atoms with E-state index in [9.17, 15) is 0 Å². The Hall–Kier alpha value is -2.79. The summed E-state index contributed by atoms with van der Waals surface area (Å²) in [6.45, 7) is 4.18. The molecule has 3 aromatic rings. The second-order valence-corrected chi connectivity index (χ2v) is 7.12. The fraction of sp³-hybridized carbons (Fsp3) is 0.238. The maximum absolute atomic E-state index is 6.05. The molecule has 2 aromatic carbocycles. The van der Waals surface area contributed by atoms with Crippen LogP contribution in [0.3, 0.4) is 0 Å². The molecule has 1 aliphatic rings. The number of hydrogen-bond donors (Lipinski definition) is 2. The summed E-state index contributed by atoms with van der Waals surface area (Å²) in [7, 11) is 0. The van der Waals surface area contributed by atoms with E-state index in [1.165, 1.54) is 18.5 Å². The van der Waals surface area contributed by atoms with Crippen LogP contribution in [0, 0.1) is 6.92 Å². The number of benzene rings is 2. The first kappa shape index (κ1) is 17.6. The second kappa shape index (κ2) is 7.84. The monoisotopic (exact) mass is 379 g/mol. The molecule has 0 saturated carbocycles. The summed E-state index contributed by atoms with van der Waals surface area (Å²) in [4.78, 5) is 11.4. The van der Waals surface area contributed by atoms with E-state index in [-0.39, 0.29) is 0 Å². The van der Waals surface area contributed by atoms with Crippen LogP contribution in [0.5, 0.6) is 0 Å². The lowest BCUT2D eigenvalue weighted by Gasteiger charge is -2.18. The molecule has 1 aromatic heterocycles. The summed E-state index contributed by atoms with van der Waals surface area (Å²) in [5.41, 5.74) is 3.17. The summed E-state index contributed by atoms with van der Waals surface area (Å²) in [5.74, 6) is 2.17. The van der Waals surface area contributed by atoms with Crippen molar-refractivity contribution < 1.29 is 0 Å². The summed E-state index contributed by atoms with van der Waals surface area (Å²) in [6, 6.07) is 18.0. The van der Waals surface area contributed by atoms with Crippen LogP contribution >= 0.6 is 11.6 Å². The van der Waals surface area contributed by atoms with E-state index in [1.807, 2.05) is 37.3 Å². The third-order valence-corrected chi connectivity index (χ3v) is 4.78. The zero-order valence-electron chi connectivity index (χ0n) is 15.2. The molecule has 1 aliphatic heterocycles. The average molecular weight is 380 g/mol. The molecule has 0 spiro atoms. The number of nitrogens with zero attached hydrogens (tertiary/aromatic N) is 3. The van der Waals surface area contributed by atoms with Gasteiger partial charge in [0.1, 0.15) is 17.5 Å². The lowest BCUT2D eigenvalue weighted by Crippen LogP contribution is -2.17. The minimum absolute atomic E-state index is 0.683. The van der Waals surface area contributed by atoms with E-state index in [2.05, 4.69) is 49.8 Å². The molecular formula is C21H22ClN5. The molecule has 0 radical (unpaired) electrons. The summed E-state index contributed by atoms with van der Waals surface area (Å²) >= 11 is 6.05. The number of nitrogens with one attached hydrogen (secondary N) is 2. The van der Waals surface area contributed by atoms with Gasteiger partial charge in [0.05, 0.1) is 0 Å². The predicted molar refractivity (Wildman–Crippen MR) is 113 cm³/mol. The van der Waals surface area contributed by atoms with Crippen molar-refractivity contribution in [3.63, 3.8) is 0 Å². The van der Waals surface area contributed by atoms with Crippen LogP contribution in [0.4, 0.5) is 28.7 Å². The van der Waals surface area contributed by atoms with Gasteiger partial charge in [0.2, 0.25) is 0 Å². The smallest absolute Gasteiger partial charge is 0.136 e.